The Labute approximate surface area is 195 Å². The largest absolute Gasteiger partial charge is 1.00 e. The number of rotatable bonds is 4. The summed E-state index contributed by atoms with van der Waals surface area (Å²) in [4.78, 5) is 0. The molecular weight excluding hydrogens is 431 g/mol. The first kappa shape index (κ1) is 27.6. The molecule has 0 aromatic heterocycles. The molecule has 27 heavy (non-hydrogen) atoms. The summed E-state index contributed by atoms with van der Waals surface area (Å²) in [6.07, 6.45) is 11.8. The molecule has 1 nitrogen and oxygen atoms in total. The molecule has 0 aromatic rings. The van der Waals surface area contributed by atoms with Crippen molar-refractivity contribution >= 4 is 12.0 Å². The molecule has 0 aromatic carbocycles. The third kappa shape index (κ3) is 6.27. The van der Waals surface area contributed by atoms with Gasteiger partial charge in [-0.25, -0.2) is 0 Å². The van der Waals surface area contributed by atoms with Crippen LogP contribution in [-0.4, -0.2) is 10.9 Å². The van der Waals surface area contributed by atoms with E-state index in [0.29, 0.717) is 0 Å². The molecule has 0 radical (unpaired) electrons. The van der Waals surface area contributed by atoms with E-state index in [1.165, 1.54) is 20.6 Å². The second kappa shape index (κ2) is 10.0. The maximum absolute atomic E-state index is 6.17. The Balaban J connectivity index is 0.00000338. The predicted molar refractivity (Wildman–Crippen MR) is 107 cm³/mol. The molecule has 0 spiro atoms. The minimum Gasteiger partial charge on any atom is -1.00 e. The van der Waals surface area contributed by atoms with Gasteiger partial charge in [0.05, 0.1) is 0 Å². The molecule has 0 N–H and O–H groups in total. The van der Waals surface area contributed by atoms with Crippen molar-refractivity contribution in [1.29, 1.82) is 0 Å². The molecule has 2 aliphatic carbocycles. The molecule has 0 heterocycles. The van der Waals surface area contributed by atoms with Gasteiger partial charge in [0, 0.05) is 0 Å². The van der Waals surface area contributed by atoms with Crippen molar-refractivity contribution < 1.29 is 49.4 Å². The molecular formula is C22H33Cl2OSTi. The van der Waals surface area contributed by atoms with Crippen LogP contribution in [0.5, 0.6) is 0 Å². The maximum atomic E-state index is 6.17. The fourth-order valence-electron chi connectivity index (χ4n) is 3.48. The average molecular weight is 464 g/mol. The van der Waals surface area contributed by atoms with E-state index in [2.05, 4.69) is 100 Å². The molecule has 2 rings (SSSR count). The van der Waals surface area contributed by atoms with Gasteiger partial charge in [0.15, 0.2) is 0 Å². The molecule has 0 saturated heterocycles. The van der Waals surface area contributed by atoms with Gasteiger partial charge in [0.25, 0.3) is 0 Å². The molecule has 0 aliphatic heterocycles. The smallest absolute Gasteiger partial charge is 1.00 e. The number of hydrogen-bond acceptors (Lipinski definition) is 2. The van der Waals surface area contributed by atoms with Gasteiger partial charge < -0.3 is 24.8 Å². The van der Waals surface area contributed by atoms with E-state index in [0.717, 1.165) is 12.8 Å². The van der Waals surface area contributed by atoms with Gasteiger partial charge in [-0.05, 0) is 0 Å². The zero-order chi connectivity index (χ0) is 19.0. The molecule has 2 aliphatic rings. The third-order valence-corrected chi connectivity index (χ3v) is 6.88. The molecule has 1 atom stereocenters. The standard InChI is InChI=1S/C22H33OS.2ClH.Ti/c1-16(2)23-24-22(17-11-9-10-12-17)14-13-18(20(3,4)5)15-19(22)21(6,7)8;;;/h9,11,13,15-16H,10,14H2,1-8H3;2*1H;/q;;;+2/p-2. The Morgan fingerprint density at radius 1 is 1.07 bits per heavy atom. The summed E-state index contributed by atoms with van der Waals surface area (Å²) in [6.45, 7) is 18.2. The number of allylic oxidation sites excluding steroid dienone is 6. The first-order chi connectivity index (χ1) is 11.4. The van der Waals surface area contributed by atoms with Crippen LogP contribution in [0.15, 0.2) is 44.9 Å². The predicted octanol–water partition coefficient (Wildman–Crippen LogP) is 0.916. The van der Waals surface area contributed by atoms with Crippen LogP contribution in [0.4, 0.5) is 0 Å². The van der Waals surface area contributed by atoms with Crippen molar-refractivity contribution in [1.82, 2.24) is 0 Å². The van der Waals surface area contributed by atoms with Crippen molar-refractivity contribution in [3.05, 3.63) is 44.9 Å². The van der Waals surface area contributed by atoms with E-state index >= 15 is 0 Å². The summed E-state index contributed by atoms with van der Waals surface area (Å²) in [6, 6.07) is 0. The van der Waals surface area contributed by atoms with E-state index in [-0.39, 0.29) is 46.5 Å². The van der Waals surface area contributed by atoms with Crippen LogP contribution < -0.4 is 24.8 Å². The summed E-state index contributed by atoms with van der Waals surface area (Å²) in [5, 5.41) is 0. The monoisotopic (exact) mass is 463 g/mol. The zero-order valence-electron chi connectivity index (χ0n) is 17.9. The van der Waals surface area contributed by atoms with Gasteiger partial charge in [0.1, 0.15) is 0 Å². The van der Waals surface area contributed by atoms with Crippen LogP contribution in [0.25, 0.3) is 0 Å². The summed E-state index contributed by atoms with van der Waals surface area (Å²) in [5.74, 6) is 0. The van der Waals surface area contributed by atoms with E-state index < -0.39 is 0 Å². The third-order valence-electron chi connectivity index (χ3n) is 4.77. The van der Waals surface area contributed by atoms with Crippen LogP contribution in [0.3, 0.4) is 0 Å². The normalized spacial score (nSPS) is 23.1. The summed E-state index contributed by atoms with van der Waals surface area (Å²) < 4.78 is 7.53. The summed E-state index contributed by atoms with van der Waals surface area (Å²) in [7, 11) is 0. The van der Waals surface area contributed by atoms with Gasteiger partial charge in [-0.15, -0.1) is 0 Å². The van der Waals surface area contributed by atoms with E-state index in [1.807, 2.05) is 0 Å². The van der Waals surface area contributed by atoms with Gasteiger partial charge in [-0.2, -0.15) is 0 Å². The second-order valence-corrected chi connectivity index (χ2v) is 11.5. The Hall–Kier alpha value is 0.564. The molecule has 5 heteroatoms. The Morgan fingerprint density at radius 3 is 2.07 bits per heavy atom. The van der Waals surface area contributed by atoms with E-state index in [1.54, 1.807) is 12.0 Å². The van der Waals surface area contributed by atoms with Gasteiger partial charge in [-0.3, -0.25) is 0 Å². The molecule has 1 unspecified atom stereocenters. The Morgan fingerprint density at radius 2 is 1.67 bits per heavy atom. The van der Waals surface area contributed by atoms with Crippen molar-refractivity contribution in [3.8, 4) is 0 Å². The van der Waals surface area contributed by atoms with E-state index in [4.69, 9.17) is 4.18 Å². The number of halogens is 2. The second-order valence-electron chi connectivity index (χ2n) is 9.48. The minimum atomic E-state index is -0.117. The maximum Gasteiger partial charge on any atom is -1.00 e. The Bertz CT molecular complexity index is 648. The fraction of sp³-hybridized carbons (Fsp3) is 0.636. The average Bonchev–Trinajstić information content (AvgIpc) is 2.89. The van der Waals surface area contributed by atoms with Crippen LogP contribution in [0.1, 0.15) is 68.2 Å². The fourth-order valence-corrected chi connectivity index (χ4v) is 5.51. The quantitative estimate of drug-likeness (QED) is 0.452. The van der Waals surface area contributed by atoms with Gasteiger partial charge >= 0.3 is 171 Å². The molecule has 0 amide bonds. The van der Waals surface area contributed by atoms with Gasteiger partial charge in [0.2, 0.25) is 0 Å². The zero-order valence-corrected chi connectivity index (χ0v) is 21.8. The molecule has 0 fully saturated rings. The van der Waals surface area contributed by atoms with Crippen molar-refractivity contribution in [2.24, 2.45) is 10.8 Å². The van der Waals surface area contributed by atoms with Crippen LogP contribution in [-0.2, 0) is 24.6 Å². The SMILES string of the molecule is CC(C)OSC1(C2=[C]([Ti+2])CC=C2)CC=C(C(C)(C)C)C=C1C(C)(C)C.[Cl-].[Cl-]. The van der Waals surface area contributed by atoms with Crippen LogP contribution in [0, 0.1) is 10.8 Å². The number of hydrogen-bond donors (Lipinski definition) is 0. The molecule has 151 valence electrons. The first-order valence-electron chi connectivity index (χ1n) is 9.27. The summed E-state index contributed by atoms with van der Waals surface area (Å²) >= 11 is 3.95. The van der Waals surface area contributed by atoms with E-state index in [9.17, 15) is 0 Å². The van der Waals surface area contributed by atoms with Crippen LogP contribution in [0.2, 0.25) is 0 Å². The summed E-state index contributed by atoms with van der Waals surface area (Å²) in [5.41, 5.74) is 4.63. The topological polar surface area (TPSA) is 9.23 Å². The molecule has 0 bridgehead atoms. The van der Waals surface area contributed by atoms with Crippen molar-refractivity contribution in [2.45, 2.75) is 79.1 Å². The van der Waals surface area contributed by atoms with Crippen molar-refractivity contribution in [3.63, 3.8) is 0 Å². The van der Waals surface area contributed by atoms with Gasteiger partial charge in [-0.1, -0.05) is 0 Å². The molecule has 0 saturated carbocycles. The Kier molecular flexibility index (Phi) is 10.3. The van der Waals surface area contributed by atoms with Crippen molar-refractivity contribution in [2.75, 3.05) is 0 Å². The minimum absolute atomic E-state index is 0. The first-order valence-corrected chi connectivity index (χ1v) is 10.8. The van der Waals surface area contributed by atoms with Crippen LogP contribution >= 0.6 is 12.0 Å².